The molecule has 3 aromatic rings. The van der Waals surface area contributed by atoms with Gasteiger partial charge in [-0.3, -0.25) is 4.79 Å². The van der Waals surface area contributed by atoms with Crippen molar-refractivity contribution in [2.75, 3.05) is 52.4 Å². The fraction of sp³-hybridized carbons (Fsp3) is 0.292. The minimum Gasteiger partial charge on any atom is -0.493 e. The van der Waals surface area contributed by atoms with Crippen molar-refractivity contribution < 1.29 is 19.0 Å². The van der Waals surface area contributed by atoms with Crippen molar-refractivity contribution in [3.8, 4) is 28.5 Å². The van der Waals surface area contributed by atoms with Crippen LogP contribution in [0.5, 0.6) is 17.2 Å². The van der Waals surface area contributed by atoms with Crippen molar-refractivity contribution in [2.45, 2.75) is 0 Å². The van der Waals surface area contributed by atoms with E-state index in [0.717, 1.165) is 11.4 Å². The number of hydrogen-bond acceptors (Lipinski definition) is 7. The molecule has 0 aliphatic carbocycles. The molecule has 8 nitrogen and oxygen atoms in total. The molecule has 0 atom stereocenters. The Hall–Kier alpha value is -3.23. The number of anilines is 1. The monoisotopic (exact) mass is 502 g/mol. The lowest BCUT2D eigenvalue weighted by atomic mass is 10.1. The van der Waals surface area contributed by atoms with Gasteiger partial charge in [-0.25, -0.2) is 0 Å². The third-order valence-electron chi connectivity index (χ3n) is 5.66. The van der Waals surface area contributed by atoms with Crippen LogP contribution in [0.15, 0.2) is 42.5 Å². The Kier molecular flexibility index (Phi) is 7.29. The van der Waals surface area contributed by atoms with E-state index in [-0.39, 0.29) is 5.91 Å². The number of ether oxygens (including phenoxy) is 3. The lowest BCUT2D eigenvalue weighted by molar-refractivity contribution is 0.0746. The molecule has 0 radical (unpaired) electrons. The molecule has 1 saturated heterocycles. The molecule has 10 heteroatoms. The topological polar surface area (TPSA) is 77.0 Å². The molecule has 1 amide bonds. The third kappa shape index (κ3) is 4.83. The summed E-state index contributed by atoms with van der Waals surface area (Å²) in [5.74, 6) is 2.22. The zero-order chi connectivity index (χ0) is 24.2. The summed E-state index contributed by atoms with van der Waals surface area (Å²) in [5, 5.41) is 9.68. The number of rotatable bonds is 6. The van der Waals surface area contributed by atoms with E-state index in [9.17, 15) is 4.79 Å². The third-order valence-corrected chi connectivity index (χ3v) is 6.23. The molecule has 178 valence electrons. The summed E-state index contributed by atoms with van der Waals surface area (Å²) in [5.41, 5.74) is 1.88. The summed E-state index contributed by atoms with van der Waals surface area (Å²) in [7, 11) is 4.70. The molecule has 0 unspecified atom stereocenters. The van der Waals surface area contributed by atoms with Gasteiger partial charge < -0.3 is 24.0 Å². The first-order valence-electron chi connectivity index (χ1n) is 10.6. The van der Waals surface area contributed by atoms with Crippen molar-refractivity contribution in [3.63, 3.8) is 0 Å². The van der Waals surface area contributed by atoms with E-state index in [4.69, 9.17) is 37.4 Å². The van der Waals surface area contributed by atoms with Gasteiger partial charge in [0.1, 0.15) is 0 Å². The molecule has 0 saturated carbocycles. The average Bonchev–Trinajstić information content (AvgIpc) is 2.89. The normalized spacial score (nSPS) is 13.6. The number of nitrogens with zero attached hydrogens (tertiary/aromatic N) is 4. The van der Waals surface area contributed by atoms with Gasteiger partial charge in [-0.2, -0.15) is 0 Å². The van der Waals surface area contributed by atoms with Crippen molar-refractivity contribution in [3.05, 3.63) is 58.1 Å². The minimum atomic E-state index is -0.129. The van der Waals surface area contributed by atoms with Crippen molar-refractivity contribution in [1.29, 1.82) is 0 Å². The molecule has 0 spiro atoms. The highest BCUT2D eigenvalue weighted by Crippen LogP contribution is 2.40. The summed E-state index contributed by atoms with van der Waals surface area (Å²) in [6.07, 6.45) is 0. The quantitative estimate of drug-likeness (QED) is 0.492. The lowest BCUT2D eigenvalue weighted by Crippen LogP contribution is -2.49. The predicted octanol–water partition coefficient (Wildman–Crippen LogP) is 4.44. The summed E-state index contributed by atoms with van der Waals surface area (Å²) in [6, 6.07) is 12.4. The number of halogens is 2. The molecule has 0 bridgehead atoms. The van der Waals surface area contributed by atoms with E-state index in [0.29, 0.717) is 64.7 Å². The van der Waals surface area contributed by atoms with E-state index in [1.807, 2.05) is 24.3 Å². The second kappa shape index (κ2) is 10.4. The van der Waals surface area contributed by atoms with Gasteiger partial charge in [0.25, 0.3) is 5.91 Å². The van der Waals surface area contributed by atoms with E-state index in [1.165, 1.54) is 0 Å². The van der Waals surface area contributed by atoms with E-state index < -0.39 is 0 Å². The van der Waals surface area contributed by atoms with Gasteiger partial charge in [-0.1, -0.05) is 23.2 Å². The first-order chi connectivity index (χ1) is 16.4. The molecular formula is C24H24Cl2N4O4. The van der Waals surface area contributed by atoms with Gasteiger partial charge in [0, 0.05) is 36.8 Å². The number of methoxy groups -OCH3 is 3. The Labute approximate surface area is 207 Å². The van der Waals surface area contributed by atoms with Crippen LogP contribution in [-0.2, 0) is 0 Å². The number of benzene rings is 2. The zero-order valence-electron chi connectivity index (χ0n) is 19.0. The smallest absolute Gasteiger partial charge is 0.255 e. The lowest BCUT2D eigenvalue weighted by Gasteiger charge is -2.35. The number of piperazine rings is 1. The second-order valence-corrected chi connectivity index (χ2v) is 8.44. The highest BCUT2D eigenvalue weighted by Gasteiger charge is 2.25. The van der Waals surface area contributed by atoms with Gasteiger partial charge in [0.15, 0.2) is 17.3 Å². The maximum absolute atomic E-state index is 12.9. The van der Waals surface area contributed by atoms with Crippen LogP contribution in [0.25, 0.3) is 11.3 Å². The average molecular weight is 503 g/mol. The number of hydrogen-bond donors (Lipinski definition) is 0. The summed E-state index contributed by atoms with van der Waals surface area (Å²) in [6.45, 7) is 2.33. The Morgan fingerprint density at radius 2 is 1.53 bits per heavy atom. The van der Waals surface area contributed by atoms with Crippen molar-refractivity contribution in [2.24, 2.45) is 0 Å². The molecule has 34 heavy (non-hydrogen) atoms. The summed E-state index contributed by atoms with van der Waals surface area (Å²) < 4.78 is 16.2. The van der Waals surface area contributed by atoms with E-state index in [1.54, 1.807) is 44.4 Å². The largest absolute Gasteiger partial charge is 0.493 e. The highest BCUT2D eigenvalue weighted by atomic mass is 35.5. The molecule has 1 aliphatic heterocycles. The zero-order valence-corrected chi connectivity index (χ0v) is 20.6. The van der Waals surface area contributed by atoms with Crippen LogP contribution in [0.2, 0.25) is 10.0 Å². The van der Waals surface area contributed by atoms with E-state index >= 15 is 0 Å². The Morgan fingerprint density at radius 3 is 2.09 bits per heavy atom. The molecule has 1 fully saturated rings. The molecule has 1 aromatic heterocycles. The molecule has 2 aromatic carbocycles. The molecule has 1 aliphatic rings. The van der Waals surface area contributed by atoms with Crippen LogP contribution in [-0.4, -0.2) is 68.5 Å². The predicted molar refractivity (Wildman–Crippen MR) is 132 cm³/mol. The fourth-order valence-electron chi connectivity index (χ4n) is 3.85. The number of amides is 1. The van der Waals surface area contributed by atoms with Crippen LogP contribution in [0.3, 0.4) is 0 Å². The molecule has 2 heterocycles. The van der Waals surface area contributed by atoms with Gasteiger partial charge in [-0.05, 0) is 42.5 Å². The molecular weight excluding hydrogens is 479 g/mol. The maximum Gasteiger partial charge on any atom is 0.255 e. The Morgan fingerprint density at radius 1 is 0.853 bits per heavy atom. The SMILES string of the molecule is COc1cc(-c2ccc(N3CCN(C(=O)c4cc(Cl)ccc4Cl)CC3)nn2)cc(OC)c1OC. The number of carbonyl (C=O) groups excluding carboxylic acids is 1. The summed E-state index contributed by atoms with van der Waals surface area (Å²) in [4.78, 5) is 16.7. The van der Waals surface area contributed by atoms with Crippen molar-refractivity contribution in [1.82, 2.24) is 15.1 Å². The van der Waals surface area contributed by atoms with Gasteiger partial charge in [0.2, 0.25) is 5.75 Å². The number of carbonyl (C=O) groups is 1. The highest BCUT2D eigenvalue weighted by molar-refractivity contribution is 6.35. The number of aromatic nitrogens is 2. The van der Waals surface area contributed by atoms with E-state index in [2.05, 4.69) is 15.1 Å². The molecule has 0 N–H and O–H groups in total. The Bertz CT molecular complexity index is 1160. The van der Waals surface area contributed by atoms with Crippen LogP contribution in [0.4, 0.5) is 5.82 Å². The maximum atomic E-state index is 12.9. The first kappa shape index (κ1) is 23.9. The first-order valence-corrected chi connectivity index (χ1v) is 11.3. The second-order valence-electron chi connectivity index (χ2n) is 7.59. The van der Waals surface area contributed by atoms with Crippen molar-refractivity contribution >= 4 is 34.9 Å². The standard InChI is InChI=1S/C24H24Cl2N4O4/c1-32-20-12-15(13-21(33-2)23(20)34-3)19-6-7-22(28-27-19)29-8-10-30(11-9-29)24(31)17-14-16(25)4-5-18(17)26/h4-7,12-14H,8-11H2,1-3H3. The van der Waals surface area contributed by atoms with Gasteiger partial charge in [-0.15, -0.1) is 10.2 Å². The molecule has 4 rings (SSSR count). The van der Waals surface area contributed by atoms with Crippen LogP contribution < -0.4 is 19.1 Å². The Balaban J connectivity index is 1.46. The van der Waals surface area contributed by atoms with Gasteiger partial charge in [0.05, 0.1) is 37.6 Å². The van der Waals surface area contributed by atoms with Crippen LogP contribution in [0, 0.1) is 0 Å². The van der Waals surface area contributed by atoms with Crippen LogP contribution >= 0.6 is 23.2 Å². The minimum absolute atomic E-state index is 0.129. The summed E-state index contributed by atoms with van der Waals surface area (Å²) >= 11 is 12.2. The van der Waals surface area contributed by atoms with Crippen LogP contribution in [0.1, 0.15) is 10.4 Å². The fourth-order valence-corrected chi connectivity index (χ4v) is 4.22. The van der Waals surface area contributed by atoms with Gasteiger partial charge >= 0.3 is 0 Å².